The minimum atomic E-state index is 0.323. The van der Waals surface area contributed by atoms with E-state index in [4.69, 9.17) is 11.6 Å². The van der Waals surface area contributed by atoms with Crippen LogP contribution >= 0.6 is 22.9 Å². The summed E-state index contributed by atoms with van der Waals surface area (Å²) in [6.45, 7) is 11.3. The Kier molecular flexibility index (Phi) is 5.53. The lowest BCUT2D eigenvalue weighted by Crippen LogP contribution is -2.21. The second kappa shape index (κ2) is 6.43. The average molecular weight is 258 g/mol. The smallest absolute Gasteiger partial charge is 0.0590 e. The highest BCUT2D eigenvalue weighted by Gasteiger charge is 2.17. The highest BCUT2D eigenvalue weighted by molar-refractivity contribution is 7.10. The van der Waals surface area contributed by atoms with E-state index in [1.54, 1.807) is 11.3 Å². The maximum Gasteiger partial charge on any atom is 0.0590 e. The largest absolute Gasteiger partial charge is 0.309 e. The van der Waals surface area contributed by atoms with Crippen LogP contribution in [0, 0.1) is 6.92 Å². The summed E-state index contributed by atoms with van der Waals surface area (Å²) >= 11 is 8.05. The van der Waals surface area contributed by atoms with Crippen molar-refractivity contribution in [3.05, 3.63) is 33.0 Å². The maximum atomic E-state index is 6.31. The Morgan fingerprint density at radius 2 is 2.31 bits per heavy atom. The minimum Gasteiger partial charge on any atom is -0.309 e. The van der Waals surface area contributed by atoms with Crippen molar-refractivity contribution in [2.24, 2.45) is 0 Å². The van der Waals surface area contributed by atoms with Crippen LogP contribution in [0.25, 0.3) is 0 Å². The standard InChI is InChI=1S/C13H20ClNS/c1-5-6-15-11(7-9(2)3)13-12(14)10(4)8-16-13/h8,11,15H,2,5-7H2,1,3-4H3. The van der Waals surface area contributed by atoms with E-state index in [-0.39, 0.29) is 0 Å². The predicted octanol–water partition coefficient (Wildman–Crippen LogP) is 4.72. The number of nitrogens with one attached hydrogen (secondary N) is 1. The highest BCUT2D eigenvalue weighted by Crippen LogP contribution is 2.34. The molecule has 0 radical (unpaired) electrons. The van der Waals surface area contributed by atoms with Crippen molar-refractivity contribution >= 4 is 22.9 Å². The molecule has 1 aromatic heterocycles. The fraction of sp³-hybridized carbons (Fsp3) is 0.538. The molecule has 1 atom stereocenters. The lowest BCUT2D eigenvalue weighted by atomic mass is 10.1. The Morgan fingerprint density at radius 1 is 1.62 bits per heavy atom. The van der Waals surface area contributed by atoms with Crippen molar-refractivity contribution < 1.29 is 0 Å². The van der Waals surface area contributed by atoms with Crippen molar-refractivity contribution in [2.75, 3.05) is 6.54 Å². The molecule has 1 rings (SSSR count). The van der Waals surface area contributed by atoms with Gasteiger partial charge in [0.05, 0.1) is 5.02 Å². The zero-order valence-corrected chi connectivity index (χ0v) is 11.8. The first-order chi connectivity index (χ1) is 7.56. The van der Waals surface area contributed by atoms with E-state index in [0.29, 0.717) is 6.04 Å². The molecule has 0 saturated carbocycles. The van der Waals surface area contributed by atoms with E-state index in [0.717, 1.165) is 24.4 Å². The number of halogens is 1. The SMILES string of the molecule is C=C(C)CC(NCCC)c1scc(C)c1Cl. The van der Waals surface area contributed by atoms with Gasteiger partial charge in [-0.2, -0.15) is 0 Å². The molecule has 0 aliphatic rings. The van der Waals surface area contributed by atoms with Gasteiger partial charge in [0.1, 0.15) is 0 Å². The van der Waals surface area contributed by atoms with Crippen molar-refractivity contribution in [3.63, 3.8) is 0 Å². The third kappa shape index (κ3) is 3.62. The molecule has 1 unspecified atom stereocenters. The van der Waals surface area contributed by atoms with Gasteiger partial charge in [-0.05, 0) is 44.2 Å². The van der Waals surface area contributed by atoms with Gasteiger partial charge in [-0.25, -0.2) is 0 Å². The van der Waals surface area contributed by atoms with Gasteiger partial charge in [-0.15, -0.1) is 17.9 Å². The first-order valence-electron chi connectivity index (χ1n) is 5.67. The Morgan fingerprint density at radius 3 is 2.75 bits per heavy atom. The third-order valence-corrected chi connectivity index (χ3v) is 4.26. The van der Waals surface area contributed by atoms with Crippen LogP contribution in [0.4, 0.5) is 0 Å². The lowest BCUT2D eigenvalue weighted by Gasteiger charge is -2.18. The van der Waals surface area contributed by atoms with Crippen LogP contribution in [0.2, 0.25) is 5.02 Å². The summed E-state index contributed by atoms with van der Waals surface area (Å²) in [5.41, 5.74) is 2.36. The quantitative estimate of drug-likeness (QED) is 0.728. The number of thiophene rings is 1. The molecule has 90 valence electrons. The number of rotatable bonds is 6. The van der Waals surface area contributed by atoms with Crippen molar-refractivity contribution in [1.29, 1.82) is 0 Å². The molecule has 0 bridgehead atoms. The second-order valence-electron chi connectivity index (χ2n) is 4.26. The number of aryl methyl sites for hydroxylation is 1. The van der Waals surface area contributed by atoms with E-state index >= 15 is 0 Å². The molecule has 0 saturated heterocycles. The average Bonchev–Trinajstić information content (AvgIpc) is 2.54. The molecular formula is C13H20ClNS. The minimum absolute atomic E-state index is 0.323. The monoisotopic (exact) mass is 257 g/mol. The molecule has 1 heterocycles. The molecule has 3 heteroatoms. The Hall–Kier alpha value is -0.310. The van der Waals surface area contributed by atoms with Gasteiger partial charge in [0, 0.05) is 10.9 Å². The van der Waals surface area contributed by atoms with E-state index in [1.807, 2.05) is 0 Å². The second-order valence-corrected chi connectivity index (χ2v) is 5.55. The van der Waals surface area contributed by atoms with E-state index in [1.165, 1.54) is 16.0 Å². The first-order valence-corrected chi connectivity index (χ1v) is 6.93. The predicted molar refractivity (Wildman–Crippen MR) is 74.5 cm³/mol. The molecule has 0 aromatic carbocycles. The molecule has 0 aliphatic heterocycles. The Bertz CT molecular complexity index is 357. The molecule has 1 aromatic rings. The van der Waals surface area contributed by atoms with E-state index in [9.17, 15) is 0 Å². The van der Waals surface area contributed by atoms with Crippen LogP contribution in [-0.4, -0.2) is 6.54 Å². The molecule has 0 amide bonds. The first kappa shape index (κ1) is 13.8. The van der Waals surface area contributed by atoms with E-state index in [2.05, 4.69) is 38.0 Å². The van der Waals surface area contributed by atoms with Crippen LogP contribution in [-0.2, 0) is 0 Å². The van der Waals surface area contributed by atoms with Gasteiger partial charge in [0.2, 0.25) is 0 Å². The molecule has 0 aliphatic carbocycles. The van der Waals surface area contributed by atoms with Crippen LogP contribution in [0.1, 0.15) is 43.2 Å². The summed E-state index contributed by atoms with van der Waals surface area (Å²) in [6.07, 6.45) is 2.09. The topological polar surface area (TPSA) is 12.0 Å². The van der Waals surface area contributed by atoms with Gasteiger partial charge in [-0.3, -0.25) is 0 Å². The molecular weight excluding hydrogens is 238 g/mol. The van der Waals surface area contributed by atoms with Gasteiger partial charge in [0.15, 0.2) is 0 Å². The van der Waals surface area contributed by atoms with Gasteiger partial charge >= 0.3 is 0 Å². The Balaban J connectivity index is 2.82. The zero-order chi connectivity index (χ0) is 12.1. The summed E-state index contributed by atoms with van der Waals surface area (Å²) < 4.78 is 0. The Labute approximate surface area is 108 Å². The van der Waals surface area contributed by atoms with Gasteiger partial charge < -0.3 is 5.32 Å². The maximum absolute atomic E-state index is 6.31. The molecule has 1 N–H and O–H groups in total. The molecule has 0 spiro atoms. The lowest BCUT2D eigenvalue weighted by molar-refractivity contribution is 0.535. The van der Waals surface area contributed by atoms with Crippen LogP contribution < -0.4 is 5.32 Å². The van der Waals surface area contributed by atoms with E-state index < -0.39 is 0 Å². The number of hydrogen-bond donors (Lipinski definition) is 1. The molecule has 0 fully saturated rings. The van der Waals surface area contributed by atoms with Crippen LogP contribution in [0.3, 0.4) is 0 Å². The van der Waals surface area contributed by atoms with Gasteiger partial charge in [-0.1, -0.05) is 24.1 Å². The normalized spacial score (nSPS) is 12.8. The van der Waals surface area contributed by atoms with Crippen molar-refractivity contribution in [2.45, 2.75) is 39.7 Å². The fourth-order valence-corrected chi connectivity index (χ4v) is 3.01. The van der Waals surface area contributed by atoms with Crippen molar-refractivity contribution in [1.82, 2.24) is 5.32 Å². The molecule has 16 heavy (non-hydrogen) atoms. The summed E-state index contributed by atoms with van der Waals surface area (Å²) in [5.74, 6) is 0. The fourth-order valence-electron chi connectivity index (χ4n) is 1.61. The van der Waals surface area contributed by atoms with Crippen molar-refractivity contribution in [3.8, 4) is 0 Å². The third-order valence-electron chi connectivity index (χ3n) is 2.44. The summed E-state index contributed by atoms with van der Waals surface area (Å²) in [5, 5.41) is 6.57. The summed E-state index contributed by atoms with van der Waals surface area (Å²) in [4.78, 5) is 1.25. The summed E-state index contributed by atoms with van der Waals surface area (Å²) in [7, 11) is 0. The van der Waals surface area contributed by atoms with Gasteiger partial charge in [0.25, 0.3) is 0 Å². The highest BCUT2D eigenvalue weighted by atomic mass is 35.5. The molecule has 1 nitrogen and oxygen atoms in total. The number of hydrogen-bond acceptors (Lipinski definition) is 2. The summed E-state index contributed by atoms with van der Waals surface area (Å²) in [6, 6.07) is 0.323. The van der Waals surface area contributed by atoms with Crippen LogP contribution in [0.5, 0.6) is 0 Å². The van der Waals surface area contributed by atoms with Crippen LogP contribution in [0.15, 0.2) is 17.5 Å². The zero-order valence-electron chi connectivity index (χ0n) is 10.3.